The molecule has 1 aromatic carbocycles. The number of aromatic nitrogens is 2. The molecule has 0 radical (unpaired) electrons. The highest BCUT2D eigenvalue weighted by Gasteiger charge is 2.16. The van der Waals surface area contributed by atoms with Crippen molar-refractivity contribution >= 4 is 22.6 Å². The van der Waals surface area contributed by atoms with Crippen LogP contribution in [0.4, 0.5) is 0 Å². The highest BCUT2D eigenvalue weighted by Crippen LogP contribution is 2.15. The normalized spacial score (nSPS) is 12.5. The minimum atomic E-state index is -0.0924. The Kier molecular flexibility index (Phi) is 3.83. The summed E-state index contributed by atoms with van der Waals surface area (Å²) in [4.78, 5) is 30.5. The highest BCUT2D eigenvalue weighted by molar-refractivity contribution is 6.21. The third-order valence-electron chi connectivity index (χ3n) is 3.22. The molecular weight excluding hydrogens is 276 g/mol. The fraction of sp³-hybridized carbons (Fsp3) is 0. The zero-order valence-electron chi connectivity index (χ0n) is 11.6. The van der Waals surface area contributed by atoms with Gasteiger partial charge in [-0.05, 0) is 36.4 Å². The molecule has 0 saturated heterocycles. The van der Waals surface area contributed by atoms with Gasteiger partial charge in [0.05, 0.1) is 0 Å². The van der Waals surface area contributed by atoms with Gasteiger partial charge in [-0.15, -0.1) is 0 Å². The molecule has 1 aliphatic rings. The predicted octanol–water partition coefficient (Wildman–Crippen LogP) is 3.25. The van der Waals surface area contributed by atoms with Gasteiger partial charge in [-0.2, -0.15) is 0 Å². The molecule has 22 heavy (non-hydrogen) atoms. The summed E-state index contributed by atoms with van der Waals surface area (Å²) in [6.07, 6.45) is 6.11. The number of allylic oxidation sites excluding steroid dienone is 2. The first kappa shape index (κ1) is 13.8. The Morgan fingerprint density at radius 2 is 1.14 bits per heavy atom. The smallest absolute Gasteiger partial charge is 0.186 e. The lowest BCUT2D eigenvalue weighted by Gasteiger charge is -2.06. The van der Waals surface area contributed by atoms with Crippen LogP contribution >= 0.6 is 0 Å². The SMILES string of the molecule is O=C1C=CC(=O)c2ccccc21.c1cnc2ncccc2c1. The van der Waals surface area contributed by atoms with E-state index in [4.69, 9.17) is 0 Å². The van der Waals surface area contributed by atoms with E-state index in [1.165, 1.54) is 12.2 Å². The molecule has 0 fully saturated rings. The van der Waals surface area contributed by atoms with E-state index in [-0.39, 0.29) is 11.6 Å². The van der Waals surface area contributed by atoms with Crippen LogP contribution in [-0.2, 0) is 0 Å². The number of hydrogen-bond acceptors (Lipinski definition) is 4. The Morgan fingerprint density at radius 1 is 0.636 bits per heavy atom. The molecule has 106 valence electrons. The summed E-state index contributed by atoms with van der Waals surface area (Å²) < 4.78 is 0. The van der Waals surface area contributed by atoms with Crippen molar-refractivity contribution in [2.24, 2.45) is 0 Å². The maximum absolute atomic E-state index is 11.2. The summed E-state index contributed by atoms with van der Waals surface area (Å²) in [5, 5.41) is 1.09. The molecule has 0 aliphatic heterocycles. The van der Waals surface area contributed by atoms with Gasteiger partial charge in [-0.1, -0.05) is 24.3 Å². The maximum Gasteiger partial charge on any atom is 0.186 e. The zero-order valence-corrected chi connectivity index (χ0v) is 11.6. The fourth-order valence-corrected chi connectivity index (χ4v) is 2.15. The van der Waals surface area contributed by atoms with Crippen LogP contribution in [0.1, 0.15) is 20.7 Å². The van der Waals surface area contributed by atoms with Crippen molar-refractivity contribution in [1.82, 2.24) is 9.97 Å². The second kappa shape index (κ2) is 6.10. The number of hydrogen-bond donors (Lipinski definition) is 0. The first-order chi connectivity index (χ1) is 10.8. The van der Waals surface area contributed by atoms with Crippen LogP contribution in [0.25, 0.3) is 11.0 Å². The molecule has 2 aromatic heterocycles. The van der Waals surface area contributed by atoms with Crippen LogP contribution in [0.2, 0.25) is 0 Å². The molecule has 0 amide bonds. The van der Waals surface area contributed by atoms with Crippen molar-refractivity contribution in [1.29, 1.82) is 0 Å². The van der Waals surface area contributed by atoms with Crippen molar-refractivity contribution in [3.8, 4) is 0 Å². The predicted molar refractivity (Wildman–Crippen MR) is 83.8 cm³/mol. The Labute approximate surface area is 127 Å². The Hall–Kier alpha value is -3.14. The number of ketones is 2. The van der Waals surface area contributed by atoms with Gasteiger partial charge in [0.25, 0.3) is 0 Å². The van der Waals surface area contributed by atoms with Gasteiger partial charge in [0, 0.05) is 28.9 Å². The lowest BCUT2D eigenvalue weighted by molar-refractivity contribution is 0.0994. The second-order valence-electron chi connectivity index (χ2n) is 4.66. The van der Waals surface area contributed by atoms with E-state index in [2.05, 4.69) is 9.97 Å². The number of rotatable bonds is 0. The summed E-state index contributed by atoms with van der Waals surface area (Å²) in [5.74, 6) is -0.185. The second-order valence-corrected chi connectivity index (χ2v) is 4.66. The number of carbonyl (C=O) groups is 2. The molecule has 4 rings (SSSR count). The van der Waals surface area contributed by atoms with E-state index in [1.54, 1.807) is 36.7 Å². The first-order valence-corrected chi connectivity index (χ1v) is 6.77. The monoisotopic (exact) mass is 288 g/mol. The molecule has 0 N–H and O–H groups in total. The van der Waals surface area contributed by atoms with Crippen molar-refractivity contribution < 1.29 is 9.59 Å². The zero-order chi connectivity index (χ0) is 15.4. The van der Waals surface area contributed by atoms with Crippen molar-refractivity contribution in [3.05, 3.63) is 84.2 Å². The van der Waals surface area contributed by atoms with E-state index in [0.717, 1.165) is 11.0 Å². The summed E-state index contributed by atoms with van der Waals surface area (Å²) in [6, 6.07) is 14.6. The van der Waals surface area contributed by atoms with Gasteiger partial charge in [0.15, 0.2) is 17.2 Å². The number of carbonyl (C=O) groups excluding carboxylic acids is 2. The van der Waals surface area contributed by atoms with Crippen LogP contribution < -0.4 is 0 Å². The Balaban J connectivity index is 0.000000133. The van der Waals surface area contributed by atoms with Gasteiger partial charge in [0.2, 0.25) is 0 Å². The number of fused-ring (bicyclic) bond motifs is 2. The van der Waals surface area contributed by atoms with Gasteiger partial charge in [0.1, 0.15) is 0 Å². The van der Waals surface area contributed by atoms with Crippen LogP contribution in [0.15, 0.2) is 73.1 Å². The largest absolute Gasteiger partial charge is 0.289 e. The average molecular weight is 288 g/mol. The summed E-state index contributed by atoms with van der Waals surface area (Å²) >= 11 is 0. The average Bonchev–Trinajstić information content (AvgIpc) is 2.59. The van der Waals surface area contributed by atoms with Gasteiger partial charge in [-0.3, -0.25) is 9.59 Å². The van der Waals surface area contributed by atoms with E-state index in [0.29, 0.717) is 11.1 Å². The lowest BCUT2D eigenvalue weighted by atomic mass is 9.95. The van der Waals surface area contributed by atoms with Gasteiger partial charge in [-0.25, -0.2) is 9.97 Å². The molecule has 0 bridgehead atoms. The molecular formula is C18H12N2O2. The van der Waals surface area contributed by atoms with Gasteiger partial charge < -0.3 is 0 Å². The Bertz CT molecular complexity index is 782. The van der Waals surface area contributed by atoms with Crippen molar-refractivity contribution in [2.45, 2.75) is 0 Å². The van der Waals surface area contributed by atoms with Crippen LogP contribution in [-0.4, -0.2) is 21.5 Å². The van der Waals surface area contributed by atoms with Crippen molar-refractivity contribution in [2.75, 3.05) is 0 Å². The van der Waals surface area contributed by atoms with Gasteiger partial charge >= 0.3 is 0 Å². The minimum Gasteiger partial charge on any atom is -0.289 e. The van der Waals surface area contributed by atoms with E-state index < -0.39 is 0 Å². The molecule has 4 nitrogen and oxygen atoms in total. The molecule has 1 aliphatic carbocycles. The number of pyridine rings is 2. The quantitative estimate of drug-likeness (QED) is 0.637. The molecule has 4 heteroatoms. The summed E-state index contributed by atoms with van der Waals surface area (Å²) in [6.45, 7) is 0. The number of nitrogens with zero attached hydrogens (tertiary/aromatic N) is 2. The van der Waals surface area contributed by atoms with Crippen LogP contribution in [0.5, 0.6) is 0 Å². The molecule has 3 aromatic rings. The van der Waals surface area contributed by atoms with Crippen LogP contribution in [0, 0.1) is 0 Å². The maximum atomic E-state index is 11.2. The summed E-state index contributed by atoms with van der Waals surface area (Å²) in [5.41, 5.74) is 1.82. The lowest BCUT2D eigenvalue weighted by Crippen LogP contribution is -2.10. The highest BCUT2D eigenvalue weighted by atomic mass is 16.1. The third kappa shape index (κ3) is 2.81. The van der Waals surface area contributed by atoms with E-state index >= 15 is 0 Å². The topological polar surface area (TPSA) is 59.9 Å². The molecule has 2 heterocycles. The first-order valence-electron chi connectivity index (χ1n) is 6.77. The van der Waals surface area contributed by atoms with Crippen molar-refractivity contribution in [3.63, 3.8) is 0 Å². The fourth-order valence-electron chi connectivity index (χ4n) is 2.15. The molecule has 0 unspecified atom stereocenters. The third-order valence-corrected chi connectivity index (χ3v) is 3.22. The minimum absolute atomic E-state index is 0.0924. The molecule has 0 atom stereocenters. The number of benzene rings is 1. The standard InChI is InChI=1S/C10H6O2.C8H6N2/c11-9-5-6-10(12)8-4-2-1-3-7(8)9;1-3-7-4-2-6-10-8(7)9-5-1/h1-6H;1-6H. The Morgan fingerprint density at radius 3 is 1.59 bits per heavy atom. The van der Waals surface area contributed by atoms with Crippen LogP contribution in [0.3, 0.4) is 0 Å². The summed E-state index contributed by atoms with van der Waals surface area (Å²) in [7, 11) is 0. The molecule has 0 saturated carbocycles. The van der Waals surface area contributed by atoms with E-state index in [9.17, 15) is 9.59 Å². The molecule has 0 spiro atoms. The van der Waals surface area contributed by atoms with E-state index in [1.807, 2.05) is 24.3 Å².